The van der Waals surface area contributed by atoms with Gasteiger partial charge in [-0.2, -0.15) is 0 Å². The van der Waals surface area contributed by atoms with Crippen molar-refractivity contribution in [1.82, 2.24) is 4.90 Å². The maximum absolute atomic E-state index is 13.5. The van der Waals surface area contributed by atoms with E-state index >= 15 is 0 Å². The van der Waals surface area contributed by atoms with Gasteiger partial charge in [0.1, 0.15) is 12.7 Å². The van der Waals surface area contributed by atoms with E-state index in [1.165, 1.54) is 6.07 Å². The van der Waals surface area contributed by atoms with Crippen LogP contribution in [0.1, 0.15) is 19.4 Å². The Morgan fingerprint density at radius 3 is 2.71 bits per heavy atom. The number of hydrogen-bond donors (Lipinski definition) is 1. The van der Waals surface area contributed by atoms with Gasteiger partial charge in [-0.15, -0.1) is 0 Å². The molecular formula is C16H24FNO3. The lowest BCUT2D eigenvalue weighted by Gasteiger charge is -2.36. The molecule has 0 bridgehead atoms. The van der Waals surface area contributed by atoms with Crippen molar-refractivity contribution < 1.29 is 19.0 Å². The minimum atomic E-state index is -0.651. The monoisotopic (exact) mass is 297 g/mol. The second-order valence-electron chi connectivity index (χ2n) is 5.87. The van der Waals surface area contributed by atoms with Crippen LogP contribution in [-0.2, 0) is 4.74 Å². The maximum Gasteiger partial charge on any atom is 0.165 e. The molecule has 118 valence electrons. The van der Waals surface area contributed by atoms with Gasteiger partial charge in [0.25, 0.3) is 0 Å². The lowest BCUT2D eigenvalue weighted by atomic mass is 10.2. The molecule has 0 radical (unpaired) electrons. The molecule has 1 aromatic rings. The molecular weight excluding hydrogens is 273 g/mol. The number of rotatable bonds is 5. The van der Waals surface area contributed by atoms with Crippen LogP contribution in [0.25, 0.3) is 0 Å². The average Bonchev–Trinajstić information content (AvgIpc) is 2.38. The molecule has 0 saturated carbocycles. The van der Waals surface area contributed by atoms with Crippen LogP contribution in [0, 0.1) is 12.7 Å². The lowest BCUT2D eigenvalue weighted by Crippen LogP contribution is -2.48. The Bertz CT molecular complexity index is 459. The molecule has 0 amide bonds. The van der Waals surface area contributed by atoms with Gasteiger partial charge in [0, 0.05) is 19.6 Å². The summed E-state index contributed by atoms with van der Waals surface area (Å²) in [4.78, 5) is 2.15. The smallest absolute Gasteiger partial charge is 0.165 e. The molecule has 0 spiro atoms. The first kappa shape index (κ1) is 16.2. The van der Waals surface area contributed by atoms with Crippen LogP contribution < -0.4 is 4.74 Å². The molecule has 0 aliphatic carbocycles. The van der Waals surface area contributed by atoms with E-state index in [1.54, 1.807) is 12.1 Å². The van der Waals surface area contributed by atoms with Crippen molar-refractivity contribution >= 4 is 0 Å². The first-order chi connectivity index (χ1) is 9.94. The first-order valence-electron chi connectivity index (χ1n) is 7.39. The molecule has 0 aromatic heterocycles. The van der Waals surface area contributed by atoms with E-state index in [9.17, 15) is 9.50 Å². The Balaban J connectivity index is 1.81. The maximum atomic E-state index is 13.5. The van der Waals surface area contributed by atoms with E-state index in [0.717, 1.165) is 18.7 Å². The fourth-order valence-electron chi connectivity index (χ4n) is 2.69. The molecule has 3 atom stereocenters. The highest BCUT2D eigenvalue weighted by Crippen LogP contribution is 2.18. The van der Waals surface area contributed by atoms with E-state index in [1.807, 2.05) is 20.8 Å². The highest BCUT2D eigenvalue weighted by atomic mass is 19.1. The molecule has 1 aromatic carbocycles. The highest BCUT2D eigenvalue weighted by molar-refractivity contribution is 5.29. The molecule has 1 heterocycles. The van der Waals surface area contributed by atoms with Crippen molar-refractivity contribution in [1.29, 1.82) is 0 Å². The molecule has 21 heavy (non-hydrogen) atoms. The van der Waals surface area contributed by atoms with Gasteiger partial charge >= 0.3 is 0 Å². The fraction of sp³-hybridized carbons (Fsp3) is 0.625. The number of halogens is 1. The molecule has 1 aliphatic heterocycles. The number of hydrogen-bond acceptors (Lipinski definition) is 4. The van der Waals surface area contributed by atoms with Gasteiger partial charge in [0.15, 0.2) is 11.6 Å². The molecule has 2 rings (SSSR count). The summed E-state index contributed by atoms with van der Waals surface area (Å²) in [6.45, 7) is 8.09. The number of aliphatic hydroxyl groups excluding tert-OH is 1. The largest absolute Gasteiger partial charge is 0.488 e. The molecule has 4 nitrogen and oxygen atoms in total. The van der Waals surface area contributed by atoms with E-state index < -0.39 is 11.9 Å². The van der Waals surface area contributed by atoms with Crippen LogP contribution in [0.5, 0.6) is 5.75 Å². The third-order valence-corrected chi connectivity index (χ3v) is 3.48. The van der Waals surface area contributed by atoms with Crippen molar-refractivity contribution in [2.24, 2.45) is 0 Å². The van der Waals surface area contributed by atoms with E-state index in [0.29, 0.717) is 6.54 Å². The quantitative estimate of drug-likeness (QED) is 0.902. The zero-order valence-electron chi connectivity index (χ0n) is 12.9. The van der Waals surface area contributed by atoms with Crippen molar-refractivity contribution in [3.05, 3.63) is 29.6 Å². The summed E-state index contributed by atoms with van der Waals surface area (Å²) in [5.41, 5.74) is 0.928. The Hall–Kier alpha value is -1.17. The van der Waals surface area contributed by atoms with Crippen molar-refractivity contribution in [3.8, 4) is 5.75 Å². The molecule has 1 aliphatic rings. The Morgan fingerprint density at radius 2 is 2.05 bits per heavy atom. The summed E-state index contributed by atoms with van der Waals surface area (Å²) >= 11 is 0. The molecule has 5 heteroatoms. The third kappa shape index (κ3) is 4.95. The van der Waals surface area contributed by atoms with Crippen molar-refractivity contribution in [2.45, 2.75) is 39.1 Å². The van der Waals surface area contributed by atoms with Gasteiger partial charge in [-0.3, -0.25) is 4.90 Å². The summed E-state index contributed by atoms with van der Waals surface area (Å²) in [5.74, 6) is -0.209. The number of aliphatic hydroxyl groups is 1. The van der Waals surface area contributed by atoms with Crippen LogP contribution in [-0.4, -0.2) is 54.6 Å². The second kappa shape index (κ2) is 7.20. The number of β-amino-alcohol motifs (C(OH)–C–C–N with tert-alkyl or cyclic N) is 1. The Labute approximate surface area is 125 Å². The number of nitrogens with zero attached hydrogens (tertiary/aromatic N) is 1. The summed E-state index contributed by atoms with van der Waals surface area (Å²) in [6.07, 6.45) is -0.324. The van der Waals surface area contributed by atoms with Crippen molar-refractivity contribution in [3.63, 3.8) is 0 Å². The van der Waals surface area contributed by atoms with Crippen LogP contribution in [0.15, 0.2) is 18.2 Å². The summed E-state index contributed by atoms with van der Waals surface area (Å²) < 4.78 is 24.6. The van der Waals surface area contributed by atoms with E-state index in [2.05, 4.69) is 4.90 Å². The standard InChI is InChI=1S/C16H24FNO3/c1-11-4-5-15(17)16(6-11)20-10-14(19)9-18-7-12(2)21-13(3)8-18/h4-6,12-14,19H,7-10H2,1-3H3. The van der Waals surface area contributed by atoms with Crippen molar-refractivity contribution in [2.75, 3.05) is 26.2 Å². The van der Waals surface area contributed by atoms with Gasteiger partial charge in [-0.25, -0.2) is 4.39 Å². The molecule has 1 N–H and O–H groups in total. The van der Waals surface area contributed by atoms with E-state index in [4.69, 9.17) is 9.47 Å². The zero-order valence-corrected chi connectivity index (χ0v) is 12.9. The number of aryl methyl sites for hydroxylation is 1. The summed E-state index contributed by atoms with van der Waals surface area (Å²) in [5, 5.41) is 10.1. The third-order valence-electron chi connectivity index (χ3n) is 3.48. The zero-order chi connectivity index (χ0) is 15.4. The van der Waals surface area contributed by atoms with Gasteiger partial charge in [0.05, 0.1) is 12.2 Å². The Kier molecular flexibility index (Phi) is 5.56. The first-order valence-corrected chi connectivity index (χ1v) is 7.39. The van der Waals surface area contributed by atoms with Gasteiger partial charge < -0.3 is 14.6 Å². The van der Waals surface area contributed by atoms with Gasteiger partial charge in [0.2, 0.25) is 0 Å². The number of ether oxygens (including phenoxy) is 2. The topological polar surface area (TPSA) is 41.9 Å². The second-order valence-corrected chi connectivity index (χ2v) is 5.87. The minimum Gasteiger partial charge on any atom is -0.488 e. The molecule has 3 unspecified atom stereocenters. The van der Waals surface area contributed by atoms with Gasteiger partial charge in [-0.05, 0) is 38.5 Å². The molecule has 1 saturated heterocycles. The lowest BCUT2D eigenvalue weighted by molar-refractivity contribution is -0.0787. The van der Waals surface area contributed by atoms with E-state index in [-0.39, 0.29) is 24.6 Å². The Morgan fingerprint density at radius 1 is 1.38 bits per heavy atom. The predicted molar refractivity (Wildman–Crippen MR) is 79.1 cm³/mol. The van der Waals surface area contributed by atoms with Crippen LogP contribution in [0.4, 0.5) is 4.39 Å². The summed E-state index contributed by atoms with van der Waals surface area (Å²) in [6, 6.07) is 4.71. The predicted octanol–water partition coefficient (Wildman–Crippen LogP) is 1.98. The number of morpholine rings is 1. The SMILES string of the molecule is Cc1ccc(F)c(OCC(O)CN2CC(C)OC(C)C2)c1. The van der Waals surface area contributed by atoms with Crippen LogP contribution in [0.3, 0.4) is 0 Å². The highest BCUT2D eigenvalue weighted by Gasteiger charge is 2.24. The van der Waals surface area contributed by atoms with Gasteiger partial charge in [-0.1, -0.05) is 6.07 Å². The summed E-state index contributed by atoms with van der Waals surface area (Å²) in [7, 11) is 0. The molecule has 1 fully saturated rings. The average molecular weight is 297 g/mol. The normalized spacial score (nSPS) is 24.8. The number of benzene rings is 1. The van der Waals surface area contributed by atoms with Crippen LogP contribution >= 0.6 is 0 Å². The fourth-order valence-corrected chi connectivity index (χ4v) is 2.69. The minimum absolute atomic E-state index is 0.0838. The van der Waals surface area contributed by atoms with Crippen LogP contribution in [0.2, 0.25) is 0 Å².